The van der Waals surface area contributed by atoms with Crippen molar-refractivity contribution in [2.75, 3.05) is 6.54 Å². The Morgan fingerprint density at radius 1 is 1.38 bits per heavy atom. The van der Waals surface area contributed by atoms with Crippen LogP contribution in [0.25, 0.3) is 0 Å². The molecule has 0 saturated heterocycles. The van der Waals surface area contributed by atoms with Gasteiger partial charge in [-0.1, -0.05) is 19.8 Å². The lowest BCUT2D eigenvalue weighted by molar-refractivity contribution is -0.127. The highest BCUT2D eigenvalue weighted by Crippen LogP contribution is 2.27. The number of carbonyl (C=O) groups excluding carboxylic acids is 1. The second-order valence-corrected chi connectivity index (χ2v) is 5.56. The van der Waals surface area contributed by atoms with Gasteiger partial charge in [-0.05, 0) is 47.5 Å². The molecule has 1 aromatic carbocycles. The van der Waals surface area contributed by atoms with Crippen LogP contribution >= 0.6 is 15.9 Å². The molecule has 21 heavy (non-hydrogen) atoms. The first-order valence-corrected chi connectivity index (χ1v) is 7.72. The highest BCUT2D eigenvalue weighted by Gasteiger charge is 2.16. The van der Waals surface area contributed by atoms with Gasteiger partial charge in [0.25, 0.3) is 5.91 Å². The summed E-state index contributed by atoms with van der Waals surface area (Å²) in [5.74, 6) is -0.908. The van der Waals surface area contributed by atoms with Gasteiger partial charge in [0.15, 0.2) is 6.10 Å². The molecule has 5 nitrogen and oxygen atoms in total. The summed E-state index contributed by atoms with van der Waals surface area (Å²) in [5.41, 5.74) is 0.115. The Morgan fingerprint density at radius 3 is 2.71 bits per heavy atom. The molecule has 0 aromatic heterocycles. The fraction of sp³-hybridized carbons (Fsp3) is 0.467. The smallest absolute Gasteiger partial charge is 0.335 e. The van der Waals surface area contributed by atoms with Crippen LogP contribution in [0.5, 0.6) is 5.75 Å². The van der Waals surface area contributed by atoms with Gasteiger partial charge < -0.3 is 15.2 Å². The normalized spacial score (nSPS) is 11.8. The summed E-state index contributed by atoms with van der Waals surface area (Å²) in [4.78, 5) is 22.8. The quantitative estimate of drug-likeness (QED) is 0.700. The van der Waals surface area contributed by atoms with Gasteiger partial charge in [0.1, 0.15) is 5.75 Å². The van der Waals surface area contributed by atoms with Gasteiger partial charge in [-0.15, -0.1) is 0 Å². The van der Waals surface area contributed by atoms with Gasteiger partial charge in [-0.2, -0.15) is 0 Å². The van der Waals surface area contributed by atoms with Gasteiger partial charge in [0.2, 0.25) is 0 Å². The second-order valence-electron chi connectivity index (χ2n) is 4.71. The number of carbonyl (C=O) groups is 2. The van der Waals surface area contributed by atoms with Crippen molar-refractivity contribution in [3.63, 3.8) is 0 Å². The van der Waals surface area contributed by atoms with Crippen LogP contribution in [0.4, 0.5) is 0 Å². The first-order chi connectivity index (χ1) is 9.95. The van der Waals surface area contributed by atoms with Crippen molar-refractivity contribution in [3.05, 3.63) is 28.2 Å². The summed E-state index contributed by atoms with van der Waals surface area (Å²) in [6, 6.07) is 4.45. The average Bonchev–Trinajstić information content (AvgIpc) is 2.45. The van der Waals surface area contributed by atoms with Crippen molar-refractivity contribution in [2.24, 2.45) is 0 Å². The van der Waals surface area contributed by atoms with Crippen LogP contribution in [0.2, 0.25) is 0 Å². The maximum atomic E-state index is 11.9. The average molecular weight is 358 g/mol. The van der Waals surface area contributed by atoms with Crippen molar-refractivity contribution < 1.29 is 19.4 Å². The van der Waals surface area contributed by atoms with E-state index >= 15 is 0 Å². The van der Waals surface area contributed by atoms with Crippen LogP contribution in [0.1, 0.15) is 43.5 Å². The lowest BCUT2D eigenvalue weighted by Crippen LogP contribution is -2.36. The number of benzene rings is 1. The molecule has 0 aliphatic heterocycles. The van der Waals surface area contributed by atoms with Crippen LogP contribution in [0.15, 0.2) is 22.7 Å². The summed E-state index contributed by atoms with van der Waals surface area (Å²) in [7, 11) is 0. The van der Waals surface area contributed by atoms with Gasteiger partial charge in [-0.3, -0.25) is 4.79 Å². The van der Waals surface area contributed by atoms with Gasteiger partial charge in [-0.25, -0.2) is 4.79 Å². The largest absolute Gasteiger partial charge is 0.480 e. The first kappa shape index (κ1) is 17.5. The summed E-state index contributed by atoms with van der Waals surface area (Å²) in [5, 5.41) is 11.8. The van der Waals surface area contributed by atoms with Crippen LogP contribution < -0.4 is 10.1 Å². The lowest BCUT2D eigenvalue weighted by Gasteiger charge is -2.16. The molecule has 1 unspecified atom stereocenters. The Morgan fingerprint density at radius 2 is 2.10 bits per heavy atom. The van der Waals surface area contributed by atoms with Crippen LogP contribution in [-0.4, -0.2) is 29.6 Å². The molecule has 6 heteroatoms. The zero-order chi connectivity index (χ0) is 15.8. The zero-order valence-corrected chi connectivity index (χ0v) is 13.8. The number of ether oxygens (including phenoxy) is 1. The summed E-state index contributed by atoms with van der Waals surface area (Å²) >= 11 is 3.28. The maximum Gasteiger partial charge on any atom is 0.335 e. The van der Waals surface area contributed by atoms with Crippen molar-refractivity contribution in [2.45, 2.75) is 39.2 Å². The van der Waals surface area contributed by atoms with Crippen molar-refractivity contribution >= 4 is 27.8 Å². The zero-order valence-electron chi connectivity index (χ0n) is 12.2. The highest BCUT2D eigenvalue weighted by molar-refractivity contribution is 9.10. The van der Waals surface area contributed by atoms with Crippen molar-refractivity contribution in [1.29, 1.82) is 0 Å². The Hall–Kier alpha value is -1.56. The SMILES string of the molecule is CCCCCNC(=O)C(C)Oc1cc(C(=O)O)ccc1Br. The number of unbranched alkanes of at least 4 members (excludes halogenated alkanes) is 2. The van der Waals surface area contributed by atoms with E-state index in [2.05, 4.69) is 28.2 Å². The molecule has 2 N–H and O–H groups in total. The predicted molar refractivity (Wildman–Crippen MR) is 83.7 cm³/mol. The predicted octanol–water partition coefficient (Wildman–Crippen LogP) is 3.22. The minimum atomic E-state index is -1.04. The third-order valence-electron chi connectivity index (χ3n) is 2.93. The molecule has 0 saturated carbocycles. The molecule has 116 valence electrons. The summed E-state index contributed by atoms with van der Waals surface area (Å²) in [6.07, 6.45) is 2.41. The van der Waals surface area contributed by atoms with E-state index in [1.807, 2.05) is 0 Å². The molecular weight excluding hydrogens is 338 g/mol. The molecule has 0 radical (unpaired) electrons. The molecule has 0 heterocycles. The Labute approximate surface area is 132 Å². The third-order valence-corrected chi connectivity index (χ3v) is 3.59. The third kappa shape index (κ3) is 5.75. The maximum absolute atomic E-state index is 11.9. The van der Waals surface area contributed by atoms with Crippen molar-refractivity contribution in [1.82, 2.24) is 5.32 Å². The molecule has 0 aliphatic carbocycles. The number of hydrogen-bond acceptors (Lipinski definition) is 3. The van der Waals surface area contributed by atoms with Crippen LogP contribution in [0, 0.1) is 0 Å². The monoisotopic (exact) mass is 357 g/mol. The summed E-state index contributed by atoms with van der Waals surface area (Å²) < 4.78 is 6.14. The number of rotatable bonds is 8. The van der Waals surface area contributed by atoms with E-state index < -0.39 is 12.1 Å². The number of nitrogens with one attached hydrogen (secondary N) is 1. The van der Waals surface area contributed by atoms with Crippen LogP contribution in [-0.2, 0) is 4.79 Å². The molecule has 0 spiro atoms. The van der Waals surface area contributed by atoms with Gasteiger partial charge in [0, 0.05) is 6.54 Å². The van der Waals surface area contributed by atoms with E-state index in [4.69, 9.17) is 9.84 Å². The number of carboxylic acid groups (broad SMARTS) is 1. The van der Waals surface area contributed by atoms with E-state index in [9.17, 15) is 9.59 Å². The number of hydrogen-bond donors (Lipinski definition) is 2. The Bertz CT molecular complexity index is 504. The molecule has 0 aliphatic rings. The highest BCUT2D eigenvalue weighted by atomic mass is 79.9. The molecule has 1 aromatic rings. The van der Waals surface area contributed by atoms with Gasteiger partial charge in [0.05, 0.1) is 10.0 Å². The Balaban J connectivity index is 2.61. The second kappa shape index (κ2) is 8.67. The minimum Gasteiger partial charge on any atom is -0.480 e. The fourth-order valence-electron chi connectivity index (χ4n) is 1.70. The molecule has 0 bridgehead atoms. The van der Waals surface area contributed by atoms with Gasteiger partial charge >= 0.3 is 5.97 Å². The molecule has 1 amide bonds. The number of halogens is 1. The molecule has 0 fully saturated rings. The molecule has 1 rings (SSSR count). The van der Waals surface area contributed by atoms with E-state index in [1.165, 1.54) is 12.1 Å². The molecule has 1 atom stereocenters. The van der Waals surface area contributed by atoms with E-state index in [1.54, 1.807) is 13.0 Å². The molecular formula is C15H20BrNO4. The van der Waals surface area contributed by atoms with Crippen LogP contribution in [0.3, 0.4) is 0 Å². The summed E-state index contributed by atoms with van der Waals surface area (Å²) in [6.45, 7) is 4.35. The Kier molecular flexibility index (Phi) is 7.22. The standard InChI is InChI=1S/C15H20BrNO4/c1-3-4-5-8-17-14(18)10(2)21-13-9-11(15(19)20)6-7-12(13)16/h6-7,9-10H,3-5,8H2,1-2H3,(H,17,18)(H,19,20). The minimum absolute atomic E-state index is 0.115. The first-order valence-electron chi connectivity index (χ1n) is 6.93. The number of aromatic carboxylic acids is 1. The topological polar surface area (TPSA) is 75.6 Å². The van der Waals surface area contributed by atoms with E-state index in [0.717, 1.165) is 19.3 Å². The number of amides is 1. The van der Waals surface area contributed by atoms with Crippen molar-refractivity contribution in [3.8, 4) is 5.75 Å². The fourth-order valence-corrected chi connectivity index (χ4v) is 2.04. The lowest BCUT2D eigenvalue weighted by atomic mass is 10.2. The van der Waals surface area contributed by atoms with E-state index in [0.29, 0.717) is 16.8 Å². The van der Waals surface area contributed by atoms with E-state index in [-0.39, 0.29) is 11.5 Å². The number of carboxylic acids is 1.